The lowest BCUT2D eigenvalue weighted by Gasteiger charge is -2.16. The molecule has 9 heteroatoms. The van der Waals surface area contributed by atoms with Crippen LogP contribution < -0.4 is 15.6 Å². The van der Waals surface area contributed by atoms with Crippen molar-refractivity contribution in [3.63, 3.8) is 0 Å². The van der Waals surface area contributed by atoms with Crippen LogP contribution in [0.5, 0.6) is 5.75 Å². The predicted octanol–water partition coefficient (Wildman–Crippen LogP) is 5.01. The number of halogens is 2. The number of amides is 1. The largest absolute Gasteiger partial charge is 0.435 e. The number of rotatable bonds is 8. The number of nitrogens with zero attached hydrogens (tertiary/aromatic N) is 2. The van der Waals surface area contributed by atoms with E-state index in [1.807, 2.05) is 38.1 Å². The monoisotopic (exact) mass is 495 g/mol. The van der Waals surface area contributed by atoms with Gasteiger partial charge in [-0.15, -0.1) is 0 Å². The number of nitrogens with one attached hydrogen (secondary N) is 1. The molecule has 0 atom stereocenters. The molecule has 0 aliphatic carbocycles. The molecule has 0 bridgehead atoms. The molecular formula is C26H23F2N3O3S. The summed E-state index contributed by atoms with van der Waals surface area (Å²) < 4.78 is 30.4. The molecular weight excluding hydrogens is 472 g/mol. The van der Waals surface area contributed by atoms with E-state index in [2.05, 4.69) is 15.0 Å². The van der Waals surface area contributed by atoms with Crippen LogP contribution in [0.2, 0.25) is 0 Å². The van der Waals surface area contributed by atoms with Crippen molar-refractivity contribution >= 4 is 28.6 Å². The summed E-state index contributed by atoms with van der Waals surface area (Å²) in [5, 5.41) is 3.72. The summed E-state index contributed by atoms with van der Waals surface area (Å²) in [4.78, 5) is 30.6. The molecule has 0 saturated heterocycles. The van der Waals surface area contributed by atoms with Gasteiger partial charge in [-0.1, -0.05) is 48.2 Å². The topological polar surface area (TPSA) is 73.2 Å². The van der Waals surface area contributed by atoms with Gasteiger partial charge in [0.15, 0.2) is 5.16 Å². The van der Waals surface area contributed by atoms with Crippen molar-refractivity contribution in [3.8, 4) is 11.4 Å². The van der Waals surface area contributed by atoms with E-state index in [4.69, 9.17) is 0 Å². The smallest absolute Gasteiger partial charge is 0.387 e. The molecule has 4 rings (SSSR count). The lowest BCUT2D eigenvalue weighted by molar-refractivity contribution is -0.118. The van der Waals surface area contributed by atoms with Crippen LogP contribution in [0, 0.1) is 13.8 Å². The second kappa shape index (κ2) is 10.7. The minimum absolute atomic E-state index is 0.0439. The molecule has 1 aromatic heterocycles. The van der Waals surface area contributed by atoms with Crippen LogP contribution in [0.15, 0.2) is 76.7 Å². The number of hydrogen-bond acceptors (Lipinski definition) is 5. The average molecular weight is 496 g/mol. The Balaban J connectivity index is 1.53. The minimum atomic E-state index is -2.89. The highest BCUT2D eigenvalue weighted by Gasteiger charge is 2.16. The molecule has 0 radical (unpaired) electrons. The first kappa shape index (κ1) is 24.4. The maximum absolute atomic E-state index is 13.4. The van der Waals surface area contributed by atoms with Gasteiger partial charge in [-0.3, -0.25) is 14.2 Å². The van der Waals surface area contributed by atoms with Crippen molar-refractivity contribution in [3.05, 3.63) is 93.8 Å². The maximum atomic E-state index is 13.4. The Morgan fingerprint density at radius 2 is 1.80 bits per heavy atom. The number of carbonyl (C=O) groups excluding carboxylic acids is 1. The molecule has 6 nitrogen and oxygen atoms in total. The van der Waals surface area contributed by atoms with Crippen LogP contribution in [0.25, 0.3) is 16.6 Å². The number of hydrogen-bond donors (Lipinski definition) is 1. The summed E-state index contributed by atoms with van der Waals surface area (Å²) in [6.07, 6.45) is 0. The van der Waals surface area contributed by atoms with Crippen LogP contribution in [0.3, 0.4) is 0 Å². The lowest BCUT2D eigenvalue weighted by atomic mass is 10.1. The van der Waals surface area contributed by atoms with Crippen molar-refractivity contribution in [2.75, 3.05) is 5.75 Å². The third-order valence-electron chi connectivity index (χ3n) is 5.53. The number of fused-ring (bicyclic) bond motifs is 1. The quantitative estimate of drug-likeness (QED) is 0.275. The van der Waals surface area contributed by atoms with E-state index in [0.29, 0.717) is 16.1 Å². The van der Waals surface area contributed by atoms with E-state index in [1.165, 1.54) is 23.9 Å². The van der Waals surface area contributed by atoms with Crippen LogP contribution in [-0.2, 0) is 11.3 Å². The van der Waals surface area contributed by atoms with Gasteiger partial charge in [-0.05, 0) is 60.9 Å². The number of ether oxygens (including phenoxy) is 1. The summed E-state index contributed by atoms with van der Waals surface area (Å²) in [5.41, 5.74) is 3.83. The average Bonchev–Trinajstić information content (AvgIpc) is 2.84. The number of carbonyl (C=O) groups is 1. The number of para-hydroxylation sites is 1. The van der Waals surface area contributed by atoms with E-state index >= 15 is 0 Å². The number of benzene rings is 3. The van der Waals surface area contributed by atoms with Crippen molar-refractivity contribution in [1.29, 1.82) is 0 Å². The molecule has 4 aromatic rings. The Morgan fingerprint density at radius 3 is 2.54 bits per heavy atom. The Kier molecular flexibility index (Phi) is 7.45. The standard InChI is InChI=1S/C26H23F2N3O3S/c1-16-6-5-9-22(17(16)2)31-24(33)20-7-3-4-8-21(20)30-26(31)35-15-23(32)29-14-18-10-12-19(13-11-18)34-25(27)28/h3-13,25H,14-15H2,1-2H3,(H,29,32). The fourth-order valence-electron chi connectivity index (χ4n) is 3.57. The summed E-state index contributed by atoms with van der Waals surface area (Å²) in [6.45, 7) is 1.27. The fraction of sp³-hybridized carbons (Fsp3) is 0.192. The maximum Gasteiger partial charge on any atom is 0.387 e. The van der Waals surface area contributed by atoms with Crippen molar-refractivity contribution in [2.24, 2.45) is 0 Å². The molecule has 0 aliphatic rings. The minimum Gasteiger partial charge on any atom is -0.435 e. The highest BCUT2D eigenvalue weighted by atomic mass is 32.2. The van der Waals surface area contributed by atoms with E-state index in [-0.39, 0.29) is 29.5 Å². The fourth-order valence-corrected chi connectivity index (χ4v) is 4.41. The van der Waals surface area contributed by atoms with Gasteiger partial charge in [0.05, 0.1) is 22.3 Å². The van der Waals surface area contributed by atoms with Gasteiger partial charge in [0, 0.05) is 6.54 Å². The predicted molar refractivity (Wildman–Crippen MR) is 132 cm³/mol. The Hall–Kier alpha value is -3.72. The van der Waals surface area contributed by atoms with E-state index < -0.39 is 6.61 Å². The summed E-state index contributed by atoms with van der Waals surface area (Å²) >= 11 is 1.17. The van der Waals surface area contributed by atoms with E-state index in [9.17, 15) is 18.4 Å². The zero-order valence-electron chi connectivity index (χ0n) is 19.1. The molecule has 3 aromatic carbocycles. The molecule has 0 saturated carbocycles. The molecule has 0 aliphatic heterocycles. The molecule has 180 valence electrons. The zero-order chi connectivity index (χ0) is 24.9. The Labute approximate surface area is 205 Å². The highest BCUT2D eigenvalue weighted by Crippen LogP contribution is 2.24. The molecule has 35 heavy (non-hydrogen) atoms. The third kappa shape index (κ3) is 5.68. The van der Waals surface area contributed by atoms with Gasteiger partial charge in [0.2, 0.25) is 5.91 Å². The van der Waals surface area contributed by atoms with Crippen molar-refractivity contribution in [2.45, 2.75) is 32.2 Å². The van der Waals surface area contributed by atoms with Gasteiger partial charge in [0.1, 0.15) is 5.75 Å². The summed E-state index contributed by atoms with van der Waals surface area (Å²) in [6, 6.07) is 18.9. The number of alkyl halides is 2. The zero-order valence-corrected chi connectivity index (χ0v) is 19.9. The molecule has 1 amide bonds. The van der Waals surface area contributed by atoms with Crippen LogP contribution in [-0.4, -0.2) is 27.8 Å². The van der Waals surface area contributed by atoms with Crippen molar-refractivity contribution < 1.29 is 18.3 Å². The lowest BCUT2D eigenvalue weighted by Crippen LogP contribution is -2.26. The van der Waals surface area contributed by atoms with Crippen LogP contribution >= 0.6 is 11.8 Å². The van der Waals surface area contributed by atoms with Gasteiger partial charge in [-0.25, -0.2) is 4.98 Å². The van der Waals surface area contributed by atoms with Crippen LogP contribution in [0.1, 0.15) is 16.7 Å². The van der Waals surface area contributed by atoms with Gasteiger partial charge < -0.3 is 10.1 Å². The van der Waals surface area contributed by atoms with Gasteiger partial charge in [0.25, 0.3) is 5.56 Å². The summed E-state index contributed by atoms with van der Waals surface area (Å²) in [7, 11) is 0. The second-order valence-electron chi connectivity index (χ2n) is 7.86. The Morgan fingerprint density at radius 1 is 1.06 bits per heavy atom. The normalized spacial score (nSPS) is 11.1. The first-order valence-electron chi connectivity index (χ1n) is 10.8. The highest BCUT2D eigenvalue weighted by molar-refractivity contribution is 7.99. The van der Waals surface area contributed by atoms with E-state index in [1.54, 1.807) is 34.9 Å². The number of aryl methyl sites for hydroxylation is 1. The van der Waals surface area contributed by atoms with Crippen molar-refractivity contribution in [1.82, 2.24) is 14.9 Å². The SMILES string of the molecule is Cc1cccc(-n2c(SCC(=O)NCc3ccc(OC(F)F)cc3)nc3ccccc3c2=O)c1C. The first-order valence-corrected chi connectivity index (χ1v) is 11.8. The van der Waals surface area contributed by atoms with Gasteiger partial charge >= 0.3 is 6.61 Å². The van der Waals surface area contributed by atoms with E-state index in [0.717, 1.165) is 22.4 Å². The summed E-state index contributed by atoms with van der Waals surface area (Å²) in [5.74, 6) is -0.155. The van der Waals surface area contributed by atoms with Gasteiger partial charge in [-0.2, -0.15) is 8.78 Å². The number of aromatic nitrogens is 2. The number of thioether (sulfide) groups is 1. The van der Waals surface area contributed by atoms with Crippen LogP contribution in [0.4, 0.5) is 8.78 Å². The Bertz CT molecular complexity index is 1420. The molecule has 1 N–H and O–H groups in total. The third-order valence-corrected chi connectivity index (χ3v) is 6.47. The molecule has 0 unspecified atom stereocenters. The molecule has 1 heterocycles. The molecule has 0 spiro atoms. The first-order chi connectivity index (χ1) is 16.8. The molecule has 0 fully saturated rings. The second-order valence-corrected chi connectivity index (χ2v) is 8.80.